The lowest BCUT2D eigenvalue weighted by atomic mass is 9.90. The molecule has 19 heavy (non-hydrogen) atoms. The van der Waals surface area contributed by atoms with Crippen LogP contribution in [0.15, 0.2) is 0 Å². The van der Waals surface area contributed by atoms with Crippen LogP contribution in [0.3, 0.4) is 0 Å². The summed E-state index contributed by atoms with van der Waals surface area (Å²) in [5.74, 6) is 0.506. The van der Waals surface area contributed by atoms with Crippen LogP contribution in [0.5, 0.6) is 0 Å². The highest BCUT2D eigenvalue weighted by atomic mass is 16.6. The second-order valence-corrected chi connectivity index (χ2v) is 5.16. The molecule has 1 aliphatic carbocycles. The number of amides is 2. The van der Waals surface area contributed by atoms with Crippen molar-refractivity contribution in [1.29, 1.82) is 0 Å². The molecule has 6 nitrogen and oxygen atoms in total. The summed E-state index contributed by atoms with van der Waals surface area (Å²) in [6.45, 7) is 1.88. The molecule has 1 saturated heterocycles. The van der Waals surface area contributed by atoms with Crippen molar-refractivity contribution in [1.82, 2.24) is 10.6 Å². The quantitative estimate of drug-likeness (QED) is 0.553. The molecule has 0 aromatic heterocycles. The maximum Gasteiger partial charge on any atom is 0.407 e. The van der Waals surface area contributed by atoms with Crippen molar-refractivity contribution in [2.24, 2.45) is 5.92 Å². The fourth-order valence-electron chi connectivity index (χ4n) is 2.39. The first-order valence-corrected chi connectivity index (χ1v) is 7.04. The summed E-state index contributed by atoms with van der Waals surface area (Å²) < 4.78 is 10.4. The van der Waals surface area contributed by atoms with E-state index < -0.39 is 12.1 Å². The van der Waals surface area contributed by atoms with E-state index in [2.05, 4.69) is 10.6 Å². The summed E-state index contributed by atoms with van der Waals surface area (Å²) >= 11 is 0. The highest BCUT2D eigenvalue weighted by molar-refractivity contribution is 5.90. The van der Waals surface area contributed by atoms with Crippen LogP contribution >= 0.6 is 0 Å². The number of hydrogen-bond donors (Lipinski definition) is 2. The summed E-state index contributed by atoms with van der Waals surface area (Å²) in [6, 6.07) is -0.435. The standard InChI is InChI=1S/C13H22N2O4/c16-12-11(8-14-12)15-13(17)19-7-6-18-9-10-4-2-1-3-5-10/h10-11H,1-9H2,(H,14,16)(H,15,17)/t11-/m0/s1. The van der Waals surface area contributed by atoms with Crippen molar-refractivity contribution < 1.29 is 19.1 Å². The number of rotatable bonds is 6. The van der Waals surface area contributed by atoms with E-state index in [9.17, 15) is 9.59 Å². The molecule has 0 radical (unpaired) electrons. The van der Waals surface area contributed by atoms with Crippen LogP contribution < -0.4 is 10.6 Å². The Morgan fingerprint density at radius 1 is 1.26 bits per heavy atom. The molecule has 1 saturated carbocycles. The Hall–Kier alpha value is -1.30. The highest BCUT2D eigenvalue weighted by Crippen LogP contribution is 2.23. The molecular weight excluding hydrogens is 248 g/mol. The zero-order chi connectivity index (χ0) is 13.5. The Balaban J connectivity index is 1.44. The fourth-order valence-corrected chi connectivity index (χ4v) is 2.39. The third kappa shape index (κ3) is 4.70. The highest BCUT2D eigenvalue weighted by Gasteiger charge is 2.29. The average Bonchev–Trinajstić information content (AvgIpc) is 2.44. The topological polar surface area (TPSA) is 76.7 Å². The number of hydrogen-bond acceptors (Lipinski definition) is 4. The predicted octanol–water partition coefficient (Wildman–Crippen LogP) is 0.808. The monoisotopic (exact) mass is 270 g/mol. The minimum absolute atomic E-state index is 0.162. The molecule has 2 fully saturated rings. The first-order chi connectivity index (χ1) is 9.25. The zero-order valence-electron chi connectivity index (χ0n) is 11.2. The van der Waals surface area contributed by atoms with Gasteiger partial charge in [0, 0.05) is 13.2 Å². The van der Waals surface area contributed by atoms with Crippen LogP contribution in [0, 0.1) is 5.92 Å². The van der Waals surface area contributed by atoms with E-state index >= 15 is 0 Å². The van der Waals surface area contributed by atoms with Crippen LogP contribution in [0.2, 0.25) is 0 Å². The van der Waals surface area contributed by atoms with Crippen LogP contribution in [-0.2, 0) is 14.3 Å². The van der Waals surface area contributed by atoms with Gasteiger partial charge < -0.3 is 20.1 Å². The second-order valence-electron chi connectivity index (χ2n) is 5.16. The lowest BCUT2D eigenvalue weighted by Crippen LogP contribution is -2.61. The molecule has 0 aromatic carbocycles. The van der Waals surface area contributed by atoms with Gasteiger partial charge in [-0.2, -0.15) is 0 Å². The van der Waals surface area contributed by atoms with E-state index in [0.717, 1.165) is 6.61 Å². The van der Waals surface area contributed by atoms with Gasteiger partial charge in [-0.3, -0.25) is 4.79 Å². The van der Waals surface area contributed by atoms with Crippen molar-refractivity contribution in [3.8, 4) is 0 Å². The third-order valence-corrected chi connectivity index (χ3v) is 3.63. The van der Waals surface area contributed by atoms with E-state index in [1.54, 1.807) is 0 Å². The Morgan fingerprint density at radius 3 is 2.68 bits per heavy atom. The summed E-state index contributed by atoms with van der Waals surface area (Å²) in [7, 11) is 0. The fraction of sp³-hybridized carbons (Fsp3) is 0.846. The number of carbonyl (C=O) groups excluding carboxylic acids is 2. The summed E-state index contributed by atoms with van der Waals surface area (Å²) in [6.07, 6.45) is 5.89. The van der Waals surface area contributed by atoms with E-state index in [4.69, 9.17) is 9.47 Å². The molecule has 2 amide bonds. The Labute approximate surface area is 113 Å². The lowest BCUT2D eigenvalue weighted by Gasteiger charge is -2.26. The predicted molar refractivity (Wildman–Crippen MR) is 68.7 cm³/mol. The van der Waals surface area contributed by atoms with Crippen LogP contribution in [0.1, 0.15) is 32.1 Å². The first-order valence-electron chi connectivity index (χ1n) is 7.04. The van der Waals surface area contributed by atoms with E-state index in [0.29, 0.717) is 19.1 Å². The minimum atomic E-state index is -0.555. The molecule has 1 aliphatic heterocycles. The molecule has 0 unspecified atom stereocenters. The lowest BCUT2D eigenvalue weighted by molar-refractivity contribution is -0.128. The van der Waals surface area contributed by atoms with Crippen LogP contribution in [0.4, 0.5) is 4.79 Å². The van der Waals surface area contributed by atoms with Crippen molar-refractivity contribution in [2.45, 2.75) is 38.1 Å². The van der Waals surface area contributed by atoms with E-state index in [-0.39, 0.29) is 12.5 Å². The smallest absolute Gasteiger partial charge is 0.407 e. The van der Waals surface area contributed by atoms with Crippen molar-refractivity contribution in [3.05, 3.63) is 0 Å². The van der Waals surface area contributed by atoms with Crippen LogP contribution in [0.25, 0.3) is 0 Å². The average molecular weight is 270 g/mol. The van der Waals surface area contributed by atoms with Gasteiger partial charge in [0.1, 0.15) is 12.6 Å². The molecule has 1 atom stereocenters. The summed E-state index contributed by atoms with van der Waals surface area (Å²) in [5, 5.41) is 5.02. The second kappa shape index (κ2) is 7.33. The zero-order valence-corrected chi connectivity index (χ0v) is 11.2. The molecule has 2 rings (SSSR count). The van der Waals surface area contributed by atoms with E-state index in [1.165, 1.54) is 32.1 Å². The molecule has 0 spiro atoms. The molecule has 0 bridgehead atoms. The van der Waals surface area contributed by atoms with Gasteiger partial charge in [0.25, 0.3) is 0 Å². The Kier molecular flexibility index (Phi) is 5.44. The SMILES string of the molecule is O=C(N[C@H]1CNC1=O)OCCOCC1CCCCC1. The van der Waals surface area contributed by atoms with Crippen molar-refractivity contribution in [2.75, 3.05) is 26.4 Å². The normalized spacial score (nSPS) is 23.4. The van der Waals surface area contributed by atoms with Crippen LogP contribution in [-0.4, -0.2) is 44.4 Å². The maximum absolute atomic E-state index is 11.3. The number of β-lactam (4-membered cyclic amide) rings is 1. The van der Waals surface area contributed by atoms with Gasteiger partial charge in [-0.25, -0.2) is 4.79 Å². The minimum Gasteiger partial charge on any atom is -0.447 e. The van der Waals surface area contributed by atoms with Gasteiger partial charge in [-0.1, -0.05) is 19.3 Å². The van der Waals surface area contributed by atoms with Gasteiger partial charge in [0.05, 0.1) is 6.61 Å². The van der Waals surface area contributed by atoms with Gasteiger partial charge in [-0.05, 0) is 18.8 Å². The molecule has 2 aliphatic rings. The Morgan fingerprint density at radius 2 is 2.05 bits per heavy atom. The number of ether oxygens (including phenoxy) is 2. The molecule has 108 valence electrons. The summed E-state index contributed by atoms with van der Waals surface area (Å²) in [5.41, 5.74) is 0. The third-order valence-electron chi connectivity index (χ3n) is 3.63. The number of carbonyl (C=O) groups is 2. The van der Waals surface area contributed by atoms with Gasteiger partial charge in [-0.15, -0.1) is 0 Å². The van der Waals surface area contributed by atoms with E-state index in [1.807, 2.05) is 0 Å². The molecule has 1 heterocycles. The Bertz CT molecular complexity index is 316. The molecule has 2 N–H and O–H groups in total. The van der Waals surface area contributed by atoms with Crippen molar-refractivity contribution >= 4 is 12.0 Å². The maximum atomic E-state index is 11.3. The largest absolute Gasteiger partial charge is 0.447 e. The summed E-state index contributed by atoms with van der Waals surface area (Å²) in [4.78, 5) is 22.2. The van der Waals surface area contributed by atoms with Crippen molar-refractivity contribution in [3.63, 3.8) is 0 Å². The molecular formula is C13H22N2O4. The number of alkyl carbamates (subject to hydrolysis) is 1. The first kappa shape index (κ1) is 14.1. The van der Waals surface area contributed by atoms with Gasteiger partial charge in [0.2, 0.25) is 5.91 Å². The molecule has 6 heteroatoms. The number of nitrogens with one attached hydrogen (secondary N) is 2. The van der Waals surface area contributed by atoms with Gasteiger partial charge >= 0.3 is 6.09 Å². The molecule has 0 aromatic rings. The van der Waals surface area contributed by atoms with Gasteiger partial charge in [0.15, 0.2) is 0 Å².